The predicted molar refractivity (Wildman–Crippen MR) is 56.8 cm³/mol. The van der Waals surface area contributed by atoms with E-state index in [0.29, 0.717) is 6.04 Å². The number of ether oxygens (including phenoxy) is 1. The van der Waals surface area contributed by atoms with Gasteiger partial charge in [0.2, 0.25) is 0 Å². The van der Waals surface area contributed by atoms with Gasteiger partial charge in [0.1, 0.15) is 32.3 Å². The highest BCUT2D eigenvalue weighted by atomic mass is 16.7. The molecular weight excluding hydrogens is 178 g/mol. The van der Waals surface area contributed by atoms with Gasteiger partial charge in [-0.3, -0.25) is 0 Å². The van der Waals surface area contributed by atoms with Crippen LogP contribution in [0.3, 0.4) is 0 Å². The van der Waals surface area contributed by atoms with Crippen molar-refractivity contribution in [1.82, 2.24) is 0 Å². The Hall–Kier alpha value is -0.120. The van der Waals surface area contributed by atoms with E-state index in [1.165, 1.54) is 12.8 Å². The molecule has 1 aliphatic rings. The first-order valence-electron chi connectivity index (χ1n) is 5.88. The largest absolute Gasteiger partial charge is 0.369 e. The van der Waals surface area contributed by atoms with Crippen molar-refractivity contribution in [2.75, 3.05) is 32.9 Å². The maximum atomic E-state index is 5.94. The van der Waals surface area contributed by atoms with E-state index in [4.69, 9.17) is 9.57 Å². The number of likely N-dealkylation sites (N-methyl/N-ethyl adjacent to an activating group) is 1. The van der Waals surface area contributed by atoms with Crippen LogP contribution in [0.25, 0.3) is 0 Å². The Morgan fingerprint density at radius 3 is 2.71 bits per heavy atom. The molecule has 0 aliphatic carbocycles. The number of nitrogens with zero attached hydrogens (tertiary/aromatic N) is 1. The van der Waals surface area contributed by atoms with Crippen molar-refractivity contribution >= 4 is 0 Å². The molecule has 0 amide bonds. The molecule has 1 heterocycles. The monoisotopic (exact) mass is 202 g/mol. The Morgan fingerprint density at radius 1 is 1.36 bits per heavy atom. The zero-order valence-electron chi connectivity index (χ0n) is 9.79. The minimum absolute atomic E-state index is 0.540. The van der Waals surface area contributed by atoms with Gasteiger partial charge < -0.3 is 4.74 Å². The summed E-state index contributed by atoms with van der Waals surface area (Å²) in [6, 6.07) is 0.540. The molecule has 0 aromatic heterocycles. The molecule has 2 unspecified atom stereocenters. The number of hydrogen-bond donors (Lipinski definition) is 0. The van der Waals surface area contributed by atoms with Crippen molar-refractivity contribution in [3.63, 3.8) is 0 Å². The number of morpholine rings is 1. The number of quaternary nitrogens is 1. The van der Waals surface area contributed by atoms with E-state index in [2.05, 4.69) is 20.8 Å². The summed E-state index contributed by atoms with van der Waals surface area (Å²) >= 11 is 0. The lowest BCUT2D eigenvalue weighted by Gasteiger charge is -2.43. The Bertz CT molecular complexity index is 157. The molecule has 1 fully saturated rings. The quantitative estimate of drug-likeness (QED) is 0.635. The number of hydrogen-bond acceptors (Lipinski definition) is 2. The standard InChI is InChI=1S/C11H24NO2/c1-4-7-11-10-13-9-8-12(11,5-2)14-6-3/h11H,4-10H2,1-3H3/q+1. The lowest BCUT2D eigenvalue weighted by molar-refractivity contribution is -1.13. The highest BCUT2D eigenvalue weighted by Crippen LogP contribution is 2.22. The van der Waals surface area contributed by atoms with E-state index in [1.54, 1.807) is 0 Å². The summed E-state index contributed by atoms with van der Waals surface area (Å²) in [6.45, 7) is 11.1. The summed E-state index contributed by atoms with van der Waals surface area (Å²) < 4.78 is 6.35. The summed E-state index contributed by atoms with van der Waals surface area (Å²) in [4.78, 5) is 5.94. The molecule has 3 heteroatoms. The molecule has 0 spiro atoms. The minimum atomic E-state index is 0.540. The third kappa shape index (κ3) is 2.47. The minimum Gasteiger partial charge on any atom is -0.369 e. The molecule has 0 bridgehead atoms. The average Bonchev–Trinajstić information content (AvgIpc) is 2.22. The summed E-state index contributed by atoms with van der Waals surface area (Å²) in [5, 5.41) is 0. The molecule has 0 saturated carbocycles. The van der Waals surface area contributed by atoms with Gasteiger partial charge >= 0.3 is 0 Å². The van der Waals surface area contributed by atoms with Crippen LogP contribution in [0.15, 0.2) is 0 Å². The van der Waals surface area contributed by atoms with E-state index < -0.39 is 0 Å². The second kappa shape index (κ2) is 5.69. The first kappa shape index (κ1) is 12.0. The molecule has 1 rings (SSSR count). The number of hydroxylamine groups is 3. The van der Waals surface area contributed by atoms with Gasteiger partial charge in [-0.2, -0.15) is 4.65 Å². The Morgan fingerprint density at radius 2 is 2.14 bits per heavy atom. The van der Waals surface area contributed by atoms with Gasteiger partial charge in [-0.1, -0.05) is 13.3 Å². The summed E-state index contributed by atoms with van der Waals surface area (Å²) in [7, 11) is 0. The molecule has 14 heavy (non-hydrogen) atoms. The van der Waals surface area contributed by atoms with Crippen molar-refractivity contribution in [2.24, 2.45) is 0 Å². The highest BCUT2D eigenvalue weighted by molar-refractivity contribution is 4.60. The van der Waals surface area contributed by atoms with Crippen molar-refractivity contribution in [2.45, 2.75) is 39.7 Å². The van der Waals surface area contributed by atoms with Crippen LogP contribution in [0.1, 0.15) is 33.6 Å². The zero-order valence-corrected chi connectivity index (χ0v) is 9.79. The van der Waals surface area contributed by atoms with Crippen LogP contribution < -0.4 is 0 Å². The van der Waals surface area contributed by atoms with Crippen molar-refractivity contribution in [3.8, 4) is 0 Å². The number of rotatable bonds is 5. The Labute approximate surface area is 87.5 Å². The van der Waals surface area contributed by atoms with Gasteiger partial charge in [0.05, 0.1) is 6.61 Å². The predicted octanol–water partition coefficient (Wildman–Crippen LogP) is 1.97. The molecule has 0 radical (unpaired) electrons. The van der Waals surface area contributed by atoms with Gasteiger partial charge in [0.15, 0.2) is 0 Å². The molecule has 0 aromatic rings. The SMILES string of the molecule is CCCC1COCC[N+]1(CC)OCC. The molecule has 1 saturated heterocycles. The fraction of sp³-hybridized carbons (Fsp3) is 1.00. The van der Waals surface area contributed by atoms with Gasteiger partial charge in [-0.25, -0.2) is 4.84 Å². The summed E-state index contributed by atoms with van der Waals surface area (Å²) in [6.07, 6.45) is 2.41. The van der Waals surface area contributed by atoms with Crippen molar-refractivity contribution in [1.29, 1.82) is 0 Å². The van der Waals surface area contributed by atoms with E-state index in [0.717, 1.165) is 37.6 Å². The lowest BCUT2D eigenvalue weighted by atomic mass is 10.1. The summed E-state index contributed by atoms with van der Waals surface area (Å²) in [5.41, 5.74) is 0. The zero-order chi connectivity index (χ0) is 10.4. The molecular formula is C11H24NO2+. The van der Waals surface area contributed by atoms with Crippen molar-refractivity contribution in [3.05, 3.63) is 0 Å². The third-order valence-electron chi connectivity index (χ3n) is 3.13. The van der Waals surface area contributed by atoms with Crippen LogP contribution >= 0.6 is 0 Å². The van der Waals surface area contributed by atoms with Gasteiger partial charge in [-0.15, -0.1) is 0 Å². The van der Waals surface area contributed by atoms with Crippen LogP contribution in [0.4, 0.5) is 0 Å². The third-order valence-corrected chi connectivity index (χ3v) is 3.13. The van der Waals surface area contributed by atoms with Crippen LogP contribution in [0, 0.1) is 0 Å². The second-order valence-corrected chi connectivity index (χ2v) is 3.93. The fourth-order valence-corrected chi connectivity index (χ4v) is 2.34. The van der Waals surface area contributed by atoms with E-state index >= 15 is 0 Å². The van der Waals surface area contributed by atoms with Crippen molar-refractivity contribution < 1.29 is 14.2 Å². The van der Waals surface area contributed by atoms with Crippen LogP contribution in [-0.2, 0) is 9.57 Å². The Balaban J connectivity index is 2.65. The van der Waals surface area contributed by atoms with Crippen LogP contribution in [-0.4, -0.2) is 43.6 Å². The van der Waals surface area contributed by atoms with Gasteiger partial charge in [0.25, 0.3) is 0 Å². The normalized spacial score (nSPS) is 33.2. The van der Waals surface area contributed by atoms with Crippen LogP contribution in [0.2, 0.25) is 0 Å². The van der Waals surface area contributed by atoms with Gasteiger partial charge in [0, 0.05) is 6.42 Å². The van der Waals surface area contributed by atoms with E-state index in [1.807, 2.05) is 0 Å². The first-order valence-corrected chi connectivity index (χ1v) is 5.88. The molecule has 0 N–H and O–H groups in total. The smallest absolute Gasteiger partial charge is 0.142 e. The Kier molecular flexibility index (Phi) is 4.85. The van der Waals surface area contributed by atoms with Crippen LogP contribution in [0.5, 0.6) is 0 Å². The second-order valence-electron chi connectivity index (χ2n) is 3.93. The average molecular weight is 202 g/mol. The highest BCUT2D eigenvalue weighted by Gasteiger charge is 2.40. The molecule has 3 nitrogen and oxygen atoms in total. The topological polar surface area (TPSA) is 18.5 Å². The maximum absolute atomic E-state index is 5.94. The molecule has 1 aliphatic heterocycles. The lowest BCUT2D eigenvalue weighted by Crippen LogP contribution is -2.61. The molecule has 2 atom stereocenters. The maximum Gasteiger partial charge on any atom is 0.142 e. The van der Waals surface area contributed by atoms with Gasteiger partial charge in [-0.05, 0) is 13.8 Å². The fourth-order valence-electron chi connectivity index (χ4n) is 2.34. The van der Waals surface area contributed by atoms with E-state index in [9.17, 15) is 0 Å². The molecule has 84 valence electrons. The summed E-state index contributed by atoms with van der Waals surface area (Å²) in [5.74, 6) is 0. The van der Waals surface area contributed by atoms with E-state index in [-0.39, 0.29) is 0 Å². The molecule has 0 aromatic carbocycles. The first-order chi connectivity index (χ1) is 6.79.